The van der Waals surface area contributed by atoms with E-state index in [1.165, 1.54) is 12.4 Å². The van der Waals surface area contributed by atoms with Crippen LogP contribution in [0.4, 0.5) is 0 Å². The number of hydrogen-bond acceptors (Lipinski definition) is 4. The van der Waals surface area contributed by atoms with Crippen molar-refractivity contribution in [1.29, 1.82) is 0 Å². The molecule has 17 heavy (non-hydrogen) atoms. The zero-order chi connectivity index (χ0) is 12.3. The summed E-state index contributed by atoms with van der Waals surface area (Å²) in [5.41, 5.74) is 6.21. The number of rotatable bonds is 2. The highest BCUT2D eigenvalue weighted by Gasteiger charge is 2.29. The van der Waals surface area contributed by atoms with E-state index in [1.807, 2.05) is 0 Å². The van der Waals surface area contributed by atoms with Gasteiger partial charge in [0.15, 0.2) is 0 Å². The largest absolute Gasteiger partial charge is 0.392 e. The Labute approximate surface area is 105 Å². The fraction of sp³-hybridized carbons (Fsp3) is 0.455. The molecule has 0 spiro atoms. The molecule has 0 bridgehead atoms. The Morgan fingerprint density at radius 1 is 1.47 bits per heavy atom. The summed E-state index contributed by atoms with van der Waals surface area (Å²) in [6, 6.07) is 1.53. The average molecular weight is 250 g/mol. The molecule has 5 nitrogen and oxygen atoms in total. The second-order valence-corrected chi connectivity index (χ2v) is 4.52. The van der Waals surface area contributed by atoms with Gasteiger partial charge in [-0.05, 0) is 25.3 Å². The number of carbonyl (C=O) groups excluding carboxylic acids is 1. The first-order valence-electron chi connectivity index (χ1n) is 5.57. The highest BCUT2D eigenvalue weighted by atomic mass is 32.1. The van der Waals surface area contributed by atoms with E-state index >= 15 is 0 Å². The Morgan fingerprint density at radius 3 is 2.94 bits per heavy atom. The fourth-order valence-electron chi connectivity index (χ4n) is 2.05. The van der Waals surface area contributed by atoms with Gasteiger partial charge in [-0.1, -0.05) is 12.2 Å². The van der Waals surface area contributed by atoms with Crippen molar-refractivity contribution in [2.24, 2.45) is 5.73 Å². The van der Waals surface area contributed by atoms with Crippen LogP contribution in [0, 0.1) is 0 Å². The number of nitrogens with two attached hydrogens (primary N) is 1. The summed E-state index contributed by atoms with van der Waals surface area (Å²) >= 11 is 5.02. The van der Waals surface area contributed by atoms with E-state index in [4.69, 9.17) is 18.0 Å². The molecule has 1 unspecified atom stereocenters. The number of amides is 1. The van der Waals surface area contributed by atoms with Crippen molar-refractivity contribution in [2.75, 3.05) is 6.54 Å². The number of nitrogens with zero attached hydrogens (tertiary/aromatic N) is 3. The molecule has 90 valence electrons. The molecule has 0 saturated carbocycles. The third kappa shape index (κ3) is 2.58. The van der Waals surface area contributed by atoms with Gasteiger partial charge < -0.3 is 10.6 Å². The molecule has 2 heterocycles. The van der Waals surface area contributed by atoms with Gasteiger partial charge in [0.1, 0.15) is 0 Å². The van der Waals surface area contributed by atoms with E-state index in [2.05, 4.69) is 10.2 Å². The minimum atomic E-state index is -0.126. The van der Waals surface area contributed by atoms with E-state index in [0.717, 1.165) is 19.3 Å². The molecule has 1 fully saturated rings. The topological polar surface area (TPSA) is 72.1 Å². The second kappa shape index (κ2) is 5.18. The normalized spacial score (nSPS) is 20.0. The third-order valence-corrected chi connectivity index (χ3v) is 3.20. The van der Waals surface area contributed by atoms with Crippen molar-refractivity contribution in [2.45, 2.75) is 25.3 Å². The van der Waals surface area contributed by atoms with Crippen LogP contribution in [-0.2, 0) is 0 Å². The maximum Gasteiger partial charge on any atom is 0.256 e. The predicted molar refractivity (Wildman–Crippen MR) is 67.5 cm³/mol. The lowest BCUT2D eigenvalue weighted by Gasteiger charge is -2.34. The zero-order valence-electron chi connectivity index (χ0n) is 9.37. The van der Waals surface area contributed by atoms with Gasteiger partial charge in [0.25, 0.3) is 5.91 Å². The van der Waals surface area contributed by atoms with Crippen molar-refractivity contribution in [3.05, 3.63) is 24.0 Å². The Kier molecular flexibility index (Phi) is 3.63. The van der Waals surface area contributed by atoms with Crippen LogP contribution in [-0.4, -0.2) is 38.6 Å². The van der Waals surface area contributed by atoms with Crippen LogP contribution in [0.2, 0.25) is 0 Å². The quantitative estimate of drug-likeness (QED) is 0.784. The number of aromatic nitrogens is 2. The SMILES string of the molecule is NC(=S)C1CCCCN1C(=O)c1ccnnc1. The highest BCUT2D eigenvalue weighted by Crippen LogP contribution is 2.19. The van der Waals surface area contributed by atoms with Gasteiger partial charge in [-0.2, -0.15) is 10.2 Å². The number of piperidine rings is 1. The summed E-state index contributed by atoms with van der Waals surface area (Å²) in [5.74, 6) is -0.0719. The van der Waals surface area contributed by atoms with Crippen LogP contribution in [0.25, 0.3) is 0 Å². The number of thiocarbonyl (C=S) groups is 1. The maximum absolute atomic E-state index is 12.3. The van der Waals surface area contributed by atoms with Crippen LogP contribution in [0.5, 0.6) is 0 Å². The molecule has 1 amide bonds. The smallest absolute Gasteiger partial charge is 0.256 e. The zero-order valence-corrected chi connectivity index (χ0v) is 10.2. The highest BCUT2D eigenvalue weighted by molar-refractivity contribution is 7.80. The Hall–Kier alpha value is -1.56. The van der Waals surface area contributed by atoms with Crippen LogP contribution >= 0.6 is 12.2 Å². The lowest BCUT2D eigenvalue weighted by Crippen LogP contribution is -2.49. The molecule has 1 aromatic heterocycles. The van der Waals surface area contributed by atoms with Crippen molar-refractivity contribution in [1.82, 2.24) is 15.1 Å². The van der Waals surface area contributed by atoms with Gasteiger partial charge in [-0.15, -0.1) is 0 Å². The molecular formula is C11H14N4OS. The van der Waals surface area contributed by atoms with Crippen molar-refractivity contribution < 1.29 is 4.79 Å². The predicted octanol–water partition coefficient (Wildman–Crippen LogP) is 0.757. The van der Waals surface area contributed by atoms with Gasteiger partial charge in [0.05, 0.1) is 29.0 Å². The van der Waals surface area contributed by atoms with Crippen LogP contribution < -0.4 is 5.73 Å². The first kappa shape index (κ1) is 11.9. The van der Waals surface area contributed by atoms with E-state index < -0.39 is 0 Å². The Morgan fingerprint density at radius 2 is 2.29 bits per heavy atom. The molecule has 0 radical (unpaired) electrons. The number of carbonyl (C=O) groups is 1. The molecule has 1 saturated heterocycles. The van der Waals surface area contributed by atoms with Crippen LogP contribution in [0.1, 0.15) is 29.6 Å². The number of hydrogen-bond donors (Lipinski definition) is 1. The summed E-state index contributed by atoms with van der Waals surface area (Å²) in [6.07, 6.45) is 5.86. The molecule has 2 rings (SSSR count). The molecule has 1 aliphatic heterocycles. The van der Waals surface area contributed by atoms with Gasteiger partial charge in [-0.25, -0.2) is 0 Å². The summed E-state index contributed by atoms with van der Waals surface area (Å²) in [7, 11) is 0. The van der Waals surface area contributed by atoms with Crippen LogP contribution in [0.3, 0.4) is 0 Å². The monoisotopic (exact) mass is 250 g/mol. The van der Waals surface area contributed by atoms with Crippen LogP contribution in [0.15, 0.2) is 18.5 Å². The molecule has 0 aliphatic carbocycles. The molecule has 1 aliphatic rings. The molecule has 1 aromatic rings. The average Bonchev–Trinajstić information content (AvgIpc) is 2.39. The van der Waals surface area contributed by atoms with E-state index in [-0.39, 0.29) is 11.9 Å². The lowest BCUT2D eigenvalue weighted by atomic mass is 10.0. The summed E-state index contributed by atoms with van der Waals surface area (Å²) in [6.45, 7) is 0.698. The fourth-order valence-corrected chi connectivity index (χ4v) is 2.30. The Bertz CT molecular complexity index is 423. The summed E-state index contributed by atoms with van der Waals surface area (Å²) in [4.78, 5) is 14.4. The molecule has 2 N–H and O–H groups in total. The second-order valence-electron chi connectivity index (χ2n) is 4.04. The van der Waals surface area contributed by atoms with E-state index in [1.54, 1.807) is 11.0 Å². The minimum absolute atomic E-state index is 0.0719. The summed E-state index contributed by atoms with van der Waals surface area (Å²) < 4.78 is 0. The van der Waals surface area contributed by atoms with Crippen molar-refractivity contribution in [3.8, 4) is 0 Å². The first-order chi connectivity index (χ1) is 8.20. The molecular weight excluding hydrogens is 236 g/mol. The number of likely N-dealkylation sites (tertiary alicyclic amines) is 1. The molecule has 6 heteroatoms. The van der Waals surface area contributed by atoms with Gasteiger partial charge in [0.2, 0.25) is 0 Å². The van der Waals surface area contributed by atoms with Gasteiger partial charge in [0, 0.05) is 6.54 Å². The molecule has 0 aromatic carbocycles. The maximum atomic E-state index is 12.3. The van der Waals surface area contributed by atoms with E-state index in [9.17, 15) is 4.79 Å². The Balaban J connectivity index is 2.20. The summed E-state index contributed by atoms with van der Waals surface area (Å²) in [5, 5.41) is 7.36. The third-order valence-electron chi connectivity index (χ3n) is 2.92. The van der Waals surface area contributed by atoms with Crippen molar-refractivity contribution in [3.63, 3.8) is 0 Å². The lowest BCUT2D eigenvalue weighted by molar-refractivity contribution is 0.0681. The van der Waals surface area contributed by atoms with Gasteiger partial charge in [-0.3, -0.25) is 4.79 Å². The van der Waals surface area contributed by atoms with Gasteiger partial charge >= 0.3 is 0 Å². The van der Waals surface area contributed by atoms with Crippen molar-refractivity contribution >= 4 is 23.1 Å². The van der Waals surface area contributed by atoms with E-state index in [0.29, 0.717) is 17.1 Å². The standard InChI is InChI=1S/C11H14N4OS/c12-10(17)9-3-1-2-6-15(9)11(16)8-4-5-13-14-7-8/h4-5,7,9H,1-3,6H2,(H2,12,17). The minimum Gasteiger partial charge on any atom is -0.392 e. The molecule has 1 atom stereocenters. The first-order valence-corrected chi connectivity index (χ1v) is 5.98.